The monoisotopic (exact) mass is 527 g/mol. The van der Waals surface area contributed by atoms with Gasteiger partial charge in [-0.15, -0.1) is 24.0 Å². The quantitative estimate of drug-likeness (QED) is 0.351. The molecule has 1 aliphatic heterocycles. The Labute approximate surface area is 199 Å². The first-order valence-electron chi connectivity index (χ1n) is 11.1. The van der Waals surface area contributed by atoms with Crippen LogP contribution in [0.4, 0.5) is 0 Å². The number of rotatable bonds is 6. The van der Waals surface area contributed by atoms with Crippen molar-refractivity contribution in [1.29, 1.82) is 0 Å². The second-order valence-electron chi connectivity index (χ2n) is 8.40. The van der Waals surface area contributed by atoms with E-state index >= 15 is 0 Å². The summed E-state index contributed by atoms with van der Waals surface area (Å²) in [4.78, 5) is 23.7. The lowest BCUT2D eigenvalue weighted by molar-refractivity contribution is -0.137. The fourth-order valence-corrected chi connectivity index (χ4v) is 4.45. The van der Waals surface area contributed by atoms with Gasteiger partial charge in [0.1, 0.15) is 0 Å². The van der Waals surface area contributed by atoms with Gasteiger partial charge in [0.2, 0.25) is 5.91 Å². The zero-order valence-electron chi connectivity index (χ0n) is 18.8. The molecule has 3 rings (SSSR count). The van der Waals surface area contributed by atoms with Crippen LogP contribution in [0, 0.1) is 12.8 Å². The average molecular weight is 527 g/mol. The molecule has 0 unspecified atom stereocenters. The summed E-state index contributed by atoms with van der Waals surface area (Å²) >= 11 is 0. The maximum absolute atomic E-state index is 12.6. The van der Waals surface area contributed by atoms with E-state index in [1.165, 1.54) is 24.0 Å². The highest BCUT2D eigenvalue weighted by atomic mass is 127. The third kappa shape index (κ3) is 6.83. The highest BCUT2D eigenvalue weighted by Crippen LogP contribution is 2.26. The minimum Gasteiger partial charge on any atom is -0.355 e. The number of amides is 1. The average Bonchev–Trinajstić information content (AvgIpc) is 3.27. The van der Waals surface area contributed by atoms with Gasteiger partial charge in [-0.2, -0.15) is 0 Å². The molecule has 1 aromatic carbocycles. The number of hydrogen-bond acceptors (Lipinski definition) is 3. The number of nitrogens with one attached hydrogen (secondary N) is 1. The maximum Gasteiger partial charge on any atom is 0.225 e. The van der Waals surface area contributed by atoms with Crippen molar-refractivity contribution in [1.82, 2.24) is 20.0 Å². The first-order chi connectivity index (χ1) is 14.1. The Bertz CT molecular complexity index is 697. The van der Waals surface area contributed by atoms with Crippen LogP contribution in [0.3, 0.4) is 0 Å². The number of carbonyl (C=O) groups is 1. The molecule has 0 bridgehead atoms. The van der Waals surface area contributed by atoms with Crippen LogP contribution in [0.15, 0.2) is 29.3 Å². The van der Waals surface area contributed by atoms with Crippen molar-refractivity contribution in [3.05, 3.63) is 35.4 Å². The summed E-state index contributed by atoms with van der Waals surface area (Å²) in [6.45, 7) is 8.51. The first-order valence-corrected chi connectivity index (χ1v) is 11.1. The Morgan fingerprint density at radius 1 is 1.17 bits per heavy atom. The molecule has 7 heteroatoms. The van der Waals surface area contributed by atoms with E-state index in [1.807, 2.05) is 7.05 Å². The first kappa shape index (κ1) is 24.9. The number of guanidine groups is 1. The maximum atomic E-state index is 12.6. The van der Waals surface area contributed by atoms with Crippen LogP contribution in [0.1, 0.15) is 36.8 Å². The number of halogens is 1. The molecule has 0 atom stereocenters. The molecular formula is C23H38IN5O. The van der Waals surface area contributed by atoms with Crippen LogP contribution in [0.25, 0.3) is 0 Å². The Balaban J connectivity index is 0.00000320. The Hall–Kier alpha value is -1.35. The van der Waals surface area contributed by atoms with Crippen LogP contribution in [0.5, 0.6) is 0 Å². The predicted molar refractivity (Wildman–Crippen MR) is 134 cm³/mol. The molecule has 1 aliphatic carbocycles. The summed E-state index contributed by atoms with van der Waals surface area (Å²) in [6, 6.07) is 8.48. The summed E-state index contributed by atoms with van der Waals surface area (Å²) in [6.07, 6.45) is 4.64. The van der Waals surface area contributed by atoms with Gasteiger partial charge in [-0.05, 0) is 30.9 Å². The molecule has 1 saturated heterocycles. The highest BCUT2D eigenvalue weighted by molar-refractivity contribution is 14.0. The summed E-state index contributed by atoms with van der Waals surface area (Å²) in [5.74, 6) is 1.62. The third-order valence-electron chi connectivity index (χ3n) is 6.34. The predicted octanol–water partition coefficient (Wildman–Crippen LogP) is 2.95. The van der Waals surface area contributed by atoms with Crippen LogP contribution >= 0.6 is 24.0 Å². The molecule has 1 saturated carbocycles. The zero-order chi connectivity index (χ0) is 20.6. The van der Waals surface area contributed by atoms with Crippen LogP contribution in [-0.2, 0) is 11.3 Å². The van der Waals surface area contributed by atoms with Crippen molar-refractivity contribution in [2.24, 2.45) is 10.9 Å². The summed E-state index contributed by atoms with van der Waals surface area (Å²) < 4.78 is 0. The van der Waals surface area contributed by atoms with Crippen molar-refractivity contribution in [3.63, 3.8) is 0 Å². The second kappa shape index (κ2) is 12.5. The largest absolute Gasteiger partial charge is 0.355 e. The molecule has 1 N–H and O–H groups in total. The third-order valence-corrected chi connectivity index (χ3v) is 6.34. The molecule has 1 heterocycles. The van der Waals surface area contributed by atoms with Gasteiger partial charge in [-0.3, -0.25) is 14.7 Å². The second-order valence-corrected chi connectivity index (χ2v) is 8.40. The van der Waals surface area contributed by atoms with Crippen LogP contribution < -0.4 is 5.32 Å². The van der Waals surface area contributed by atoms with Gasteiger partial charge in [0.15, 0.2) is 5.96 Å². The Kier molecular flexibility index (Phi) is 10.4. The van der Waals surface area contributed by atoms with Crippen molar-refractivity contribution in [3.8, 4) is 0 Å². The fourth-order valence-electron chi connectivity index (χ4n) is 4.45. The van der Waals surface area contributed by atoms with Crippen molar-refractivity contribution in [2.45, 2.75) is 39.2 Å². The van der Waals surface area contributed by atoms with Gasteiger partial charge in [0.25, 0.3) is 0 Å². The van der Waals surface area contributed by atoms with E-state index in [0.29, 0.717) is 11.8 Å². The van der Waals surface area contributed by atoms with E-state index < -0.39 is 0 Å². The summed E-state index contributed by atoms with van der Waals surface area (Å²) in [5.41, 5.74) is 2.63. The van der Waals surface area contributed by atoms with Gasteiger partial charge in [0.05, 0.1) is 0 Å². The van der Waals surface area contributed by atoms with Crippen molar-refractivity contribution in [2.75, 3.05) is 53.4 Å². The smallest absolute Gasteiger partial charge is 0.225 e. The number of piperazine rings is 1. The standard InChI is InChI=1S/C23H37N5O.HI/c1-19-8-4-5-11-21(19)18-26(3)23(24-2)25-12-13-27-14-16-28(17-15-27)22(29)20-9-6-7-10-20;/h4-5,8,11,20H,6-7,9-10,12-18H2,1-3H3,(H,24,25);1H. The minimum absolute atomic E-state index is 0. The molecule has 0 radical (unpaired) electrons. The van der Waals surface area contributed by atoms with E-state index in [-0.39, 0.29) is 24.0 Å². The number of nitrogens with zero attached hydrogens (tertiary/aromatic N) is 4. The van der Waals surface area contributed by atoms with Crippen LogP contribution in [0.2, 0.25) is 0 Å². The number of carbonyl (C=O) groups excluding carboxylic acids is 1. The zero-order valence-corrected chi connectivity index (χ0v) is 21.1. The Morgan fingerprint density at radius 3 is 2.47 bits per heavy atom. The van der Waals surface area contributed by atoms with E-state index in [9.17, 15) is 4.79 Å². The molecule has 0 spiro atoms. The Morgan fingerprint density at radius 2 is 1.83 bits per heavy atom. The topological polar surface area (TPSA) is 51.2 Å². The highest BCUT2D eigenvalue weighted by Gasteiger charge is 2.29. The van der Waals surface area contributed by atoms with Crippen molar-refractivity contribution >= 4 is 35.8 Å². The van der Waals surface area contributed by atoms with Crippen molar-refractivity contribution < 1.29 is 4.79 Å². The molecular weight excluding hydrogens is 489 g/mol. The summed E-state index contributed by atoms with van der Waals surface area (Å²) in [5, 5.41) is 3.49. The molecule has 30 heavy (non-hydrogen) atoms. The molecule has 168 valence electrons. The summed E-state index contributed by atoms with van der Waals surface area (Å²) in [7, 11) is 3.92. The lowest BCUT2D eigenvalue weighted by Crippen LogP contribution is -2.51. The number of aryl methyl sites for hydroxylation is 1. The number of aliphatic imine (C=N–C) groups is 1. The molecule has 6 nitrogen and oxygen atoms in total. The molecule has 2 fully saturated rings. The molecule has 2 aliphatic rings. The fraction of sp³-hybridized carbons (Fsp3) is 0.652. The van der Waals surface area contributed by atoms with E-state index in [4.69, 9.17) is 0 Å². The van der Waals surface area contributed by atoms with Gasteiger partial charge in [0, 0.05) is 65.8 Å². The number of hydrogen-bond donors (Lipinski definition) is 1. The van der Waals surface area contributed by atoms with E-state index in [1.54, 1.807) is 0 Å². The van der Waals surface area contributed by atoms with Gasteiger partial charge in [-0.25, -0.2) is 0 Å². The SMILES string of the molecule is CN=C(NCCN1CCN(C(=O)C2CCCC2)CC1)N(C)Cc1ccccc1C.I. The van der Waals surface area contributed by atoms with Gasteiger partial charge < -0.3 is 15.1 Å². The molecule has 0 aromatic heterocycles. The van der Waals surface area contributed by atoms with E-state index in [0.717, 1.165) is 64.6 Å². The molecule has 1 aromatic rings. The van der Waals surface area contributed by atoms with E-state index in [2.05, 4.69) is 63.2 Å². The minimum atomic E-state index is 0. The van der Waals surface area contributed by atoms with Gasteiger partial charge >= 0.3 is 0 Å². The lowest BCUT2D eigenvalue weighted by Gasteiger charge is -2.36. The lowest BCUT2D eigenvalue weighted by atomic mass is 10.1. The van der Waals surface area contributed by atoms with Crippen LogP contribution in [-0.4, -0.2) is 79.9 Å². The normalized spacial score (nSPS) is 18.2. The van der Waals surface area contributed by atoms with Gasteiger partial charge in [-0.1, -0.05) is 37.1 Å². The number of benzene rings is 1. The molecule has 1 amide bonds.